The Balaban J connectivity index is 2.32. The lowest BCUT2D eigenvalue weighted by atomic mass is 10.2. The van der Waals surface area contributed by atoms with Crippen LogP contribution < -0.4 is 0 Å². The smallest absolute Gasteiger partial charge is 0.211 e. The predicted molar refractivity (Wildman–Crippen MR) is 79.5 cm³/mol. The maximum Gasteiger partial charge on any atom is 0.211 e. The number of hydrogen-bond acceptors (Lipinski definition) is 4. The minimum atomic E-state index is 0.759. The molecule has 0 radical (unpaired) electrons. The standard InChI is InChI=1S/C14H16N4S/c1-3-9-18-11-8-6-5-7-10(11)12-13(18)15-14(17-16-12)19-4-2/h5-8H,3-4,9H2,1-2H3. The molecule has 2 heterocycles. The molecule has 0 aliphatic rings. The van der Waals surface area contributed by atoms with Crippen molar-refractivity contribution >= 4 is 33.8 Å². The van der Waals surface area contributed by atoms with Crippen LogP contribution in [0.15, 0.2) is 29.4 Å². The van der Waals surface area contributed by atoms with Gasteiger partial charge in [-0.25, -0.2) is 4.98 Å². The third-order valence-electron chi connectivity index (χ3n) is 3.08. The van der Waals surface area contributed by atoms with Gasteiger partial charge >= 0.3 is 0 Å². The first-order valence-corrected chi connectivity index (χ1v) is 7.58. The molecule has 0 aliphatic carbocycles. The summed E-state index contributed by atoms with van der Waals surface area (Å²) in [5.41, 5.74) is 3.05. The van der Waals surface area contributed by atoms with E-state index in [0.29, 0.717) is 0 Å². The van der Waals surface area contributed by atoms with Crippen LogP contribution in [-0.4, -0.2) is 25.5 Å². The van der Waals surface area contributed by atoms with Gasteiger partial charge in [0.25, 0.3) is 0 Å². The quantitative estimate of drug-likeness (QED) is 0.682. The molecule has 0 N–H and O–H groups in total. The number of fused-ring (bicyclic) bond motifs is 3. The SMILES string of the molecule is CCCn1c2ccccc2c2nnc(SCC)nc21. The largest absolute Gasteiger partial charge is 0.324 e. The Kier molecular flexibility index (Phi) is 3.38. The van der Waals surface area contributed by atoms with Crippen LogP contribution in [0.1, 0.15) is 20.3 Å². The topological polar surface area (TPSA) is 43.6 Å². The van der Waals surface area contributed by atoms with Gasteiger partial charge in [-0.05, 0) is 18.2 Å². The van der Waals surface area contributed by atoms with E-state index in [1.54, 1.807) is 11.8 Å². The Bertz CT molecular complexity index is 720. The van der Waals surface area contributed by atoms with Crippen molar-refractivity contribution in [2.24, 2.45) is 0 Å². The first-order chi connectivity index (χ1) is 9.35. The number of thioether (sulfide) groups is 1. The molecule has 3 aromatic rings. The van der Waals surface area contributed by atoms with Crippen molar-refractivity contribution in [3.05, 3.63) is 24.3 Å². The fraction of sp³-hybridized carbons (Fsp3) is 0.357. The number of nitrogens with zero attached hydrogens (tertiary/aromatic N) is 4. The molecule has 98 valence electrons. The summed E-state index contributed by atoms with van der Waals surface area (Å²) in [5, 5.41) is 10.5. The fourth-order valence-corrected chi connectivity index (χ4v) is 2.84. The molecule has 0 saturated carbocycles. The summed E-state index contributed by atoms with van der Waals surface area (Å²) in [7, 11) is 0. The molecule has 19 heavy (non-hydrogen) atoms. The Morgan fingerprint density at radius 3 is 2.79 bits per heavy atom. The van der Waals surface area contributed by atoms with Gasteiger partial charge in [0, 0.05) is 11.9 Å². The molecule has 0 bridgehead atoms. The number of benzene rings is 1. The Morgan fingerprint density at radius 2 is 2.00 bits per heavy atom. The molecule has 0 atom stereocenters. The maximum absolute atomic E-state index is 4.67. The van der Waals surface area contributed by atoms with Crippen LogP contribution >= 0.6 is 11.8 Å². The molecule has 2 aromatic heterocycles. The molecule has 0 fully saturated rings. The molecule has 1 aromatic carbocycles. The lowest BCUT2D eigenvalue weighted by molar-refractivity contribution is 0.709. The van der Waals surface area contributed by atoms with Crippen LogP contribution in [0, 0.1) is 0 Å². The minimum Gasteiger partial charge on any atom is -0.324 e. The average molecular weight is 272 g/mol. The van der Waals surface area contributed by atoms with Crippen molar-refractivity contribution in [3.63, 3.8) is 0 Å². The normalized spacial score (nSPS) is 11.5. The molecular weight excluding hydrogens is 256 g/mol. The van der Waals surface area contributed by atoms with Crippen LogP contribution in [-0.2, 0) is 6.54 Å². The minimum absolute atomic E-state index is 0.759. The first kappa shape index (κ1) is 12.4. The molecule has 4 nitrogen and oxygen atoms in total. The zero-order valence-corrected chi connectivity index (χ0v) is 11.9. The zero-order valence-electron chi connectivity index (χ0n) is 11.1. The molecule has 0 saturated heterocycles. The highest BCUT2D eigenvalue weighted by Crippen LogP contribution is 2.27. The van der Waals surface area contributed by atoms with Crippen molar-refractivity contribution < 1.29 is 0 Å². The van der Waals surface area contributed by atoms with Gasteiger partial charge in [0.2, 0.25) is 5.16 Å². The maximum atomic E-state index is 4.67. The number of aryl methyl sites for hydroxylation is 1. The summed E-state index contributed by atoms with van der Waals surface area (Å²) in [5.74, 6) is 0.960. The van der Waals surface area contributed by atoms with Crippen LogP contribution in [0.25, 0.3) is 22.1 Å². The first-order valence-electron chi connectivity index (χ1n) is 6.59. The summed E-state index contributed by atoms with van der Waals surface area (Å²) in [6.07, 6.45) is 1.08. The van der Waals surface area contributed by atoms with E-state index in [4.69, 9.17) is 0 Å². The van der Waals surface area contributed by atoms with Crippen molar-refractivity contribution in [3.8, 4) is 0 Å². The highest BCUT2D eigenvalue weighted by Gasteiger charge is 2.13. The van der Waals surface area contributed by atoms with Crippen LogP contribution in [0.4, 0.5) is 0 Å². The summed E-state index contributed by atoms with van der Waals surface area (Å²) >= 11 is 1.63. The predicted octanol–water partition coefficient (Wildman–Crippen LogP) is 3.50. The highest BCUT2D eigenvalue weighted by atomic mass is 32.2. The second-order valence-electron chi connectivity index (χ2n) is 4.37. The third-order valence-corrected chi connectivity index (χ3v) is 3.79. The molecule has 3 rings (SSSR count). The van der Waals surface area contributed by atoms with Crippen molar-refractivity contribution in [2.75, 3.05) is 5.75 Å². The van der Waals surface area contributed by atoms with Crippen LogP contribution in [0.2, 0.25) is 0 Å². The van der Waals surface area contributed by atoms with E-state index < -0.39 is 0 Å². The Morgan fingerprint density at radius 1 is 1.16 bits per heavy atom. The van der Waals surface area contributed by atoms with Gasteiger partial charge in [-0.15, -0.1) is 10.2 Å². The third kappa shape index (κ3) is 2.08. The molecule has 0 amide bonds. The summed E-state index contributed by atoms with van der Waals surface area (Å²) < 4.78 is 2.25. The summed E-state index contributed by atoms with van der Waals surface area (Å²) in [4.78, 5) is 4.67. The van der Waals surface area contributed by atoms with Gasteiger partial charge in [-0.2, -0.15) is 0 Å². The van der Waals surface area contributed by atoms with Gasteiger partial charge in [-0.3, -0.25) is 0 Å². The van der Waals surface area contributed by atoms with E-state index in [2.05, 4.69) is 51.8 Å². The molecule has 0 unspecified atom stereocenters. The number of para-hydroxylation sites is 1. The fourth-order valence-electron chi connectivity index (χ4n) is 2.33. The van der Waals surface area contributed by atoms with Crippen LogP contribution in [0.3, 0.4) is 0 Å². The van der Waals surface area contributed by atoms with Gasteiger partial charge in [0.05, 0.1) is 5.52 Å². The lowest BCUT2D eigenvalue weighted by Crippen LogP contribution is -2.00. The van der Waals surface area contributed by atoms with E-state index >= 15 is 0 Å². The number of hydrogen-bond donors (Lipinski definition) is 0. The molecule has 0 aliphatic heterocycles. The summed E-state index contributed by atoms with van der Waals surface area (Å²) in [6.45, 7) is 5.23. The lowest BCUT2D eigenvalue weighted by Gasteiger charge is -2.04. The second kappa shape index (κ2) is 5.17. The zero-order chi connectivity index (χ0) is 13.2. The second-order valence-corrected chi connectivity index (χ2v) is 5.60. The van der Waals surface area contributed by atoms with Gasteiger partial charge < -0.3 is 4.57 Å². The van der Waals surface area contributed by atoms with E-state index in [0.717, 1.165) is 40.4 Å². The monoisotopic (exact) mass is 272 g/mol. The van der Waals surface area contributed by atoms with Crippen LogP contribution in [0.5, 0.6) is 0 Å². The van der Waals surface area contributed by atoms with Gasteiger partial charge in [-0.1, -0.05) is 43.8 Å². The molecule has 5 heteroatoms. The van der Waals surface area contributed by atoms with E-state index in [1.165, 1.54) is 5.52 Å². The van der Waals surface area contributed by atoms with E-state index in [9.17, 15) is 0 Å². The van der Waals surface area contributed by atoms with Gasteiger partial charge in [0.15, 0.2) is 5.65 Å². The number of aromatic nitrogens is 4. The van der Waals surface area contributed by atoms with E-state index in [-0.39, 0.29) is 0 Å². The summed E-state index contributed by atoms with van der Waals surface area (Å²) in [6, 6.07) is 8.31. The number of rotatable bonds is 4. The molecular formula is C14H16N4S. The average Bonchev–Trinajstić information content (AvgIpc) is 2.74. The van der Waals surface area contributed by atoms with Crippen molar-refractivity contribution in [1.82, 2.24) is 19.7 Å². The Hall–Kier alpha value is -1.62. The van der Waals surface area contributed by atoms with Crippen molar-refractivity contribution in [1.29, 1.82) is 0 Å². The Labute approximate surface area is 116 Å². The van der Waals surface area contributed by atoms with E-state index in [1.807, 2.05) is 6.07 Å². The van der Waals surface area contributed by atoms with Gasteiger partial charge in [0.1, 0.15) is 5.52 Å². The van der Waals surface area contributed by atoms with Crippen molar-refractivity contribution in [2.45, 2.75) is 32.0 Å². The highest BCUT2D eigenvalue weighted by molar-refractivity contribution is 7.99. The molecule has 0 spiro atoms.